The molecule has 0 radical (unpaired) electrons. The molecule has 0 amide bonds. The van der Waals surface area contributed by atoms with Crippen LogP contribution < -0.4 is 0 Å². The van der Waals surface area contributed by atoms with Crippen LogP contribution in [0.1, 0.15) is 5.56 Å². The molecule has 0 fully saturated rings. The summed E-state index contributed by atoms with van der Waals surface area (Å²) in [6.45, 7) is 0. The van der Waals surface area contributed by atoms with Gasteiger partial charge < -0.3 is 5.11 Å². The van der Waals surface area contributed by atoms with Crippen molar-refractivity contribution in [2.24, 2.45) is 0 Å². The zero-order chi connectivity index (χ0) is 13.7. The molecule has 2 aromatic carbocycles. The van der Waals surface area contributed by atoms with Gasteiger partial charge in [0.1, 0.15) is 0 Å². The van der Waals surface area contributed by atoms with Gasteiger partial charge in [0.05, 0.1) is 11.1 Å². The standard InChI is InChI=1S/C15H14Cl2OS/c16-12-7-5-11(6-8-12)9-13(18)10-19-15-4-2-1-3-14(15)17/h1-8,13,18H,9-10H2. The Morgan fingerprint density at radius 2 is 1.68 bits per heavy atom. The van der Waals surface area contributed by atoms with Crippen molar-refractivity contribution in [3.8, 4) is 0 Å². The van der Waals surface area contributed by atoms with E-state index in [-0.39, 0.29) is 0 Å². The topological polar surface area (TPSA) is 20.2 Å². The summed E-state index contributed by atoms with van der Waals surface area (Å²) in [6.07, 6.45) is 0.219. The summed E-state index contributed by atoms with van der Waals surface area (Å²) in [4.78, 5) is 0.999. The molecule has 1 N–H and O–H groups in total. The molecule has 2 rings (SSSR count). The summed E-state index contributed by atoms with van der Waals surface area (Å²) < 4.78 is 0. The fourth-order valence-corrected chi connectivity index (χ4v) is 3.00. The number of benzene rings is 2. The Bertz CT molecular complexity index is 528. The summed E-state index contributed by atoms with van der Waals surface area (Å²) in [5, 5.41) is 11.5. The largest absolute Gasteiger partial charge is 0.392 e. The molecule has 0 aromatic heterocycles. The molecule has 100 valence electrons. The van der Waals surface area contributed by atoms with Crippen molar-refractivity contribution in [3.63, 3.8) is 0 Å². The fraction of sp³-hybridized carbons (Fsp3) is 0.200. The first-order chi connectivity index (χ1) is 9.15. The van der Waals surface area contributed by atoms with Gasteiger partial charge >= 0.3 is 0 Å². The Balaban J connectivity index is 1.86. The number of aliphatic hydroxyl groups is 1. The van der Waals surface area contributed by atoms with Crippen LogP contribution in [0.4, 0.5) is 0 Å². The molecule has 0 saturated heterocycles. The first kappa shape index (κ1) is 14.7. The van der Waals surface area contributed by atoms with Crippen LogP contribution in [0.5, 0.6) is 0 Å². The van der Waals surface area contributed by atoms with Crippen LogP contribution in [-0.4, -0.2) is 17.0 Å². The lowest BCUT2D eigenvalue weighted by molar-refractivity contribution is 0.200. The van der Waals surface area contributed by atoms with Crippen molar-refractivity contribution >= 4 is 35.0 Å². The average Bonchev–Trinajstić information content (AvgIpc) is 2.40. The quantitative estimate of drug-likeness (QED) is 0.808. The van der Waals surface area contributed by atoms with E-state index in [4.69, 9.17) is 23.2 Å². The van der Waals surface area contributed by atoms with Gasteiger partial charge in [-0.15, -0.1) is 11.8 Å². The zero-order valence-corrected chi connectivity index (χ0v) is 12.6. The third-order valence-electron chi connectivity index (χ3n) is 2.65. The van der Waals surface area contributed by atoms with Crippen molar-refractivity contribution in [3.05, 3.63) is 64.1 Å². The summed E-state index contributed by atoms with van der Waals surface area (Å²) >= 11 is 13.5. The second kappa shape index (κ2) is 7.20. The van der Waals surface area contributed by atoms with Crippen molar-refractivity contribution in [1.29, 1.82) is 0 Å². The number of thioether (sulfide) groups is 1. The molecule has 0 aliphatic rings. The third kappa shape index (κ3) is 4.73. The van der Waals surface area contributed by atoms with Gasteiger partial charge in [-0.05, 0) is 36.2 Å². The maximum absolute atomic E-state index is 10.0. The third-order valence-corrected chi connectivity index (χ3v) is 4.56. The molecule has 0 saturated carbocycles. The molecule has 1 unspecified atom stereocenters. The molecule has 0 spiro atoms. The lowest BCUT2D eigenvalue weighted by Crippen LogP contribution is -2.13. The second-order valence-electron chi connectivity index (χ2n) is 4.23. The summed E-state index contributed by atoms with van der Waals surface area (Å²) in [6, 6.07) is 15.2. The Morgan fingerprint density at radius 3 is 2.37 bits per heavy atom. The molecule has 0 aliphatic carbocycles. The van der Waals surface area contributed by atoms with E-state index < -0.39 is 6.10 Å². The minimum Gasteiger partial charge on any atom is -0.392 e. The van der Waals surface area contributed by atoms with E-state index in [0.717, 1.165) is 15.5 Å². The fourth-order valence-electron chi connectivity index (χ4n) is 1.70. The van der Waals surface area contributed by atoms with Crippen LogP contribution in [0.25, 0.3) is 0 Å². The summed E-state index contributed by atoms with van der Waals surface area (Å²) in [5.41, 5.74) is 1.08. The molecular formula is C15H14Cl2OS. The van der Waals surface area contributed by atoms with Crippen LogP contribution >= 0.6 is 35.0 Å². The van der Waals surface area contributed by atoms with Crippen molar-refractivity contribution in [2.75, 3.05) is 5.75 Å². The van der Waals surface area contributed by atoms with Gasteiger partial charge in [-0.3, -0.25) is 0 Å². The van der Waals surface area contributed by atoms with Gasteiger partial charge in [0, 0.05) is 15.7 Å². The molecule has 2 aromatic rings. The number of hydrogen-bond donors (Lipinski definition) is 1. The Hall–Kier alpha value is -0.670. The smallest absolute Gasteiger partial charge is 0.0674 e. The Morgan fingerprint density at radius 1 is 1.00 bits per heavy atom. The minimum atomic E-state index is -0.401. The molecule has 19 heavy (non-hydrogen) atoms. The number of halogens is 2. The second-order valence-corrected chi connectivity index (χ2v) is 6.13. The van der Waals surface area contributed by atoms with E-state index in [2.05, 4.69) is 0 Å². The van der Waals surface area contributed by atoms with Gasteiger partial charge in [0.15, 0.2) is 0 Å². The summed E-state index contributed by atoms with van der Waals surface area (Å²) in [5.74, 6) is 0.617. The SMILES string of the molecule is OC(CSc1ccccc1Cl)Cc1ccc(Cl)cc1. The predicted molar refractivity (Wildman–Crippen MR) is 83.3 cm³/mol. The van der Waals surface area contributed by atoms with Gasteiger partial charge in [0.25, 0.3) is 0 Å². The van der Waals surface area contributed by atoms with E-state index in [1.165, 1.54) is 0 Å². The minimum absolute atomic E-state index is 0.401. The molecule has 0 aliphatic heterocycles. The zero-order valence-electron chi connectivity index (χ0n) is 10.2. The predicted octanol–water partition coefficient (Wildman–Crippen LogP) is 4.69. The number of aliphatic hydroxyl groups excluding tert-OH is 1. The molecular weight excluding hydrogens is 299 g/mol. The number of hydrogen-bond acceptors (Lipinski definition) is 2. The van der Waals surface area contributed by atoms with E-state index >= 15 is 0 Å². The van der Waals surface area contributed by atoms with Crippen molar-refractivity contribution in [2.45, 2.75) is 17.4 Å². The van der Waals surface area contributed by atoms with Crippen LogP contribution in [-0.2, 0) is 6.42 Å². The molecule has 1 nitrogen and oxygen atoms in total. The van der Waals surface area contributed by atoms with E-state index in [9.17, 15) is 5.11 Å². The monoisotopic (exact) mass is 312 g/mol. The van der Waals surface area contributed by atoms with Crippen LogP contribution in [0.3, 0.4) is 0 Å². The van der Waals surface area contributed by atoms with Crippen LogP contribution in [0.15, 0.2) is 53.4 Å². The van der Waals surface area contributed by atoms with E-state index in [0.29, 0.717) is 17.2 Å². The van der Waals surface area contributed by atoms with Crippen molar-refractivity contribution < 1.29 is 5.11 Å². The highest BCUT2D eigenvalue weighted by Crippen LogP contribution is 2.27. The molecule has 0 heterocycles. The Kier molecular flexibility index (Phi) is 5.59. The lowest BCUT2D eigenvalue weighted by atomic mass is 10.1. The highest BCUT2D eigenvalue weighted by Gasteiger charge is 2.08. The first-order valence-electron chi connectivity index (χ1n) is 5.95. The maximum Gasteiger partial charge on any atom is 0.0674 e. The van der Waals surface area contributed by atoms with Crippen molar-refractivity contribution in [1.82, 2.24) is 0 Å². The summed E-state index contributed by atoms with van der Waals surface area (Å²) in [7, 11) is 0. The normalized spacial score (nSPS) is 12.4. The van der Waals surface area contributed by atoms with Gasteiger partial charge in [0.2, 0.25) is 0 Å². The first-order valence-corrected chi connectivity index (χ1v) is 7.69. The van der Waals surface area contributed by atoms with Gasteiger partial charge in [-0.25, -0.2) is 0 Å². The van der Waals surface area contributed by atoms with Gasteiger partial charge in [-0.1, -0.05) is 47.5 Å². The molecule has 4 heteroatoms. The maximum atomic E-state index is 10.0. The average molecular weight is 313 g/mol. The lowest BCUT2D eigenvalue weighted by Gasteiger charge is -2.11. The van der Waals surface area contributed by atoms with Crippen LogP contribution in [0, 0.1) is 0 Å². The van der Waals surface area contributed by atoms with E-state index in [1.54, 1.807) is 11.8 Å². The Labute approximate surface area is 127 Å². The highest BCUT2D eigenvalue weighted by atomic mass is 35.5. The van der Waals surface area contributed by atoms with Gasteiger partial charge in [-0.2, -0.15) is 0 Å². The van der Waals surface area contributed by atoms with Crippen LogP contribution in [0.2, 0.25) is 10.0 Å². The molecule has 0 bridgehead atoms. The highest BCUT2D eigenvalue weighted by molar-refractivity contribution is 7.99. The number of rotatable bonds is 5. The molecule has 1 atom stereocenters. The van der Waals surface area contributed by atoms with E-state index in [1.807, 2.05) is 48.5 Å².